The van der Waals surface area contributed by atoms with Gasteiger partial charge in [0.15, 0.2) is 6.04 Å². The monoisotopic (exact) mass is 346 g/mol. The van der Waals surface area contributed by atoms with Gasteiger partial charge in [0.2, 0.25) is 0 Å². The van der Waals surface area contributed by atoms with Gasteiger partial charge in [-0.25, -0.2) is 9.59 Å². The Kier molecular flexibility index (Phi) is 5.78. The number of ether oxygens (including phenoxy) is 1. The SMILES string of the molecule is COc1cc(Br)cc(NC(=O)NC(C(=O)O)C(C)O)c1. The van der Waals surface area contributed by atoms with Crippen LogP contribution in [0.2, 0.25) is 0 Å². The van der Waals surface area contributed by atoms with E-state index in [2.05, 4.69) is 26.6 Å². The molecule has 2 amide bonds. The smallest absolute Gasteiger partial charge is 0.328 e. The number of carbonyl (C=O) groups excluding carboxylic acids is 1. The Hall–Kier alpha value is -1.80. The molecule has 0 aliphatic rings. The first-order chi connectivity index (χ1) is 9.33. The van der Waals surface area contributed by atoms with E-state index in [4.69, 9.17) is 9.84 Å². The van der Waals surface area contributed by atoms with Crippen molar-refractivity contribution in [3.05, 3.63) is 22.7 Å². The second kappa shape index (κ2) is 7.11. The van der Waals surface area contributed by atoms with Crippen LogP contribution < -0.4 is 15.4 Å². The molecule has 1 aromatic carbocycles. The van der Waals surface area contributed by atoms with E-state index in [9.17, 15) is 14.7 Å². The predicted molar refractivity (Wildman–Crippen MR) is 76.0 cm³/mol. The second-order valence-electron chi connectivity index (χ2n) is 4.03. The number of amides is 2. The number of hydrogen-bond donors (Lipinski definition) is 4. The van der Waals surface area contributed by atoms with Crippen molar-refractivity contribution in [1.29, 1.82) is 0 Å². The summed E-state index contributed by atoms with van der Waals surface area (Å²) < 4.78 is 5.73. The lowest BCUT2D eigenvalue weighted by atomic mass is 10.2. The number of nitrogens with one attached hydrogen (secondary N) is 2. The summed E-state index contributed by atoms with van der Waals surface area (Å²) in [6, 6.07) is 2.78. The number of carbonyl (C=O) groups is 2. The number of carboxylic acids is 1. The first kappa shape index (κ1) is 16.3. The third-order valence-electron chi connectivity index (χ3n) is 2.40. The van der Waals surface area contributed by atoms with Crippen molar-refractivity contribution in [2.45, 2.75) is 19.1 Å². The van der Waals surface area contributed by atoms with Crippen LogP contribution in [0.25, 0.3) is 0 Å². The maximum Gasteiger partial charge on any atom is 0.328 e. The van der Waals surface area contributed by atoms with Gasteiger partial charge in [0.1, 0.15) is 5.75 Å². The summed E-state index contributed by atoms with van der Waals surface area (Å²) in [4.78, 5) is 22.5. The van der Waals surface area contributed by atoms with Crippen molar-refractivity contribution in [3.8, 4) is 5.75 Å². The number of aliphatic carboxylic acids is 1. The zero-order chi connectivity index (χ0) is 15.3. The second-order valence-corrected chi connectivity index (χ2v) is 4.95. The Bertz CT molecular complexity index is 507. The molecule has 0 radical (unpaired) electrons. The van der Waals surface area contributed by atoms with Crippen LogP contribution in [0.4, 0.5) is 10.5 Å². The molecule has 0 aromatic heterocycles. The van der Waals surface area contributed by atoms with Crippen molar-refractivity contribution < 1.29 is 24.5 Å². The number of halogens is 1. The predicted octanol–water partition coefficient (Wildman–Crippen LogP) is 1.41. The number of aliphatic hydroxyl groups excluding tert-OH is 1. The first-order valence-electron chi connectivity index (χ1n) is 5.66. The summed E-state index contributed by atoms with van der Waals surface area (Å²) in [6.45, 7) is 1.28. The van der Waals surface area contributed by atoms with E-state index in [1.54, 1.807) is 18.2 Å². The number of anilines is 1. The Morgan fingerprint density at radius 1 is 1.35 bits per heavy atom. The molecule has 0 spiro atoms. The van der Waals surface area contributed by atoms with Crippen LogP contribution in [0.3, 0.4) is 0 Å². The number of rotatable bonds is 5. The quantitative estimate of drug-likeness (QED) is 0.644. The summed E-state index contributed by atoms with van der Waals surface area (Å²) in [5.41, 5.74) is 0.420. The zero-order valence-electron chi connectivity index (χ0n) is 10.9. The maximum atomic E-state index is 11.7. The van der Waals surface area contributed by atoms with Crippen molar-refractivity contribution >= 4 is 33.6 Å². The van der Waals surface area contributed by atoms with E-state index in [0.29, 0.717) is 15.9 Å². The Balaban J connectivity index is 2.75. The summed E-state index contributed by atoms with van der Waals surface area (Å²) in [7, 11) is 1.49. The molecular weight excluding hydrogens is 332 g/mol. The van der Waals surface area contributed by atoms with Gasteiger partial charge < -0.3 is 25.6 Å². The molecule has 8 heteroatoms. The number of carboxylic acid groups (broad SMARTS) is 1. The molecule has 1 rings (SSSR count). The summed E-state index contributed by atoms with van der Waals surface area (Å²) in [5, 5.41) is 22.8. The highest BCUT2D eigenvalue weighted by atomic mass is 79.9. The van der Waals surface area contributed by atoms with E-state index < -0.39 is 24.1 Å². The lowest BCUT2D eigenvalue weighted by Gasteiger charge is -2.17. The minimum absolute atomic E-state index is 0.420. The number of aliphatic hydroxyl groups is 1. The minimum Gasteiger partial charge on any atom is -0.497 e. The van der Waals surface area contributed by atoms with Gasteiger partial charge in [-0.2, -0.15) is 0 Å². The molecule has 0 saturated heterocycles. The van der Waals surface area contributed by atoms with Crippen molar-refractivity contribution in [2.24, 2.45) is 0 Å². The highest BCUT2D eigenvalue weighted by Crippen LogP contribution is 2.24. The van der Waals surface area contributed by atoms with Crippen LogP contribution in [0.15, 0.2) is 22.7 Å². The van der Waals surface area contributed by atoms with Crippen LogP contribution in [0, 0.1) is 0 Å². The average Bonchev–Trinajstić information content (AvgIpc) is 2.34. The molecule has 0 saturated carbocycles. The number of benzene rings is 1. The number of methoxy groups -OCH3 is 1. The zero-order valence-corrected chi connectivity index (χ0v) is 12.5. The fraction of sp³-hybridized carbons (Fsp3) is 0.333. The van der Waals surface area contributed by atoms with Gasteiger partial charge in [0.05, 0.1) is 13.2 Å². The Labute approximate surface area is 124 Å². The molecule has 2 atom stereocenters. The van der Waals surface area contributed by atoms with Gasteiger partial charge in [0.25, 0.3) is 0 Å². The molecule has 0 aliphatic heterocycles. The van der Waals surface area contributed by atoms with Crippen LogP contribution in [0.1, 0.15) is 6.92 Å². The Morgan fingerprint density at radius 2 is 2.00 bits per heavy atom. The molecule has 2 unspecified atom stereocenters. The van der Waals surface area contributed by atoms with Gasteiger partial charge in [-0.3, -0.25) is 0 Å². The van der Waals surface area contributed by atoms with Crippen LogP contribution in [-0.4, -0.2) is 41.5 Å². The highest BCUT2D eigenvalue weighted by molar-refractivity contribution is 9.10. The van der Waals surface area contributed by atoms with E-state index in [0.717, 1.165) is 0 Å². The maximum absolute atomic E-state index is 11.7. The van der Waals surface area contributed by atoms with Crippen LogP contribution in [0.5, 0.6) is 5.75 Å². The van der Waals surface area contributed by atoms with Gasteiger partial charge in [-0.05, 0) is 19.1 Å². The highest BCUT2D eigenvalue weighted by Gasteiger charge is 2.24. The van der Waals surface area contributed by atoms with Gasteiger partial charge >= 0.3 is 12.0 Å². The fourth-order valence-electron chi connectivity index (χ4n) is 1.45. The van der Waals surface area contributed by atoms with Gasteiger partial charge in [-0.1, -0.05) is 15.9 Å². The number of hydrogen-bond acceptors (Lipinski definition) is 4. The summed E-state index contributed by atoms with van der Waals surface area (Å²) >= 11 is 3.26. The molecule has 0 fully saturated rings. The van der Waals surface area contributed by atoms with Crippen molar-refractivity contribution in [2.75, 3.05) is 12.4 Å². The molecular formula is C12H15BrN2O5. The molecule has 0 aliphatic carbocycles. The van der Waals surface area contributed by atoms with Crippen LogP contribution >= 0.6 is 15.9 Å². The minimum atomic E-state index is -1.39. The first-order valence-corrected chi connectivity index (χ1v) is 6.45. The largest absolute Gasteiger partial charge is 0.497 e. The van der Waals surface area contributed by atoms with E-state index in [1.807, 2.05) is 0 Å². The third kappa shape index (κ3) is 4.71. The lowest BCUT2D eigenvalue weighted by Crippen LogP contribution is -2.49. The van der Waals surface area contributed by atoms with Gasteiger partial charge in [0, 0.05) is 16.2 Å². The third-order valence-corrected chi connectivity index (χ3v) is 2.86. The lowest BCUT2D eigenvalue weighted by molar-refractivity contribution is -0.141. The molecule has 1 aromatic rings. The molecule has 0 heterocycles. The Morgan fingerprint density at radius 3 is 2.50 bits per heavy atom. The standard InChI is InChI=1S/C12H15BrN2O5/c1-6(16)10(11(17)18)15-12(19)14-8-3-7(13)4-9(5-8)20-2/h3-6,10,16H,1-2H3,(H,17,18)(H2,14,15,19). The summed E-state index contributed by atoms with van der Waals surface area (Å²) in [5.74, 6) is -0.790. The van der Waals surface area contributed by atoms with E-state index in [1.165, 1.54) is 14.0 Å². The normalized spacial score (nSPS) is 13.2. The molecule has 7 nitrogen and oxygen atoms in total. The topological polar surface area (TPSA) is 108 Å². The molecule has 110 valence electrons. The van der Waals surface area contributed by atoms with Crippen LogP contribution in [-0.2, 0) is 4.79 Å². The molecule has 4 N–H and O–H groups in total. The van der Waals surface area contributed by atoms with Crippen molar-refractivity contribution in [3.63, 3.8) is 0 Å². The fourth-order valence-corrected chi connectivity index (χ4v) is 1.92. The average molecular weight is 347 g/mol. The molecule has 20 heavy (non-hydrogen) atoms. The van der Waals surface area contributed by atoms with Gasteiger partial charge in [-0.15, -0.1) is 0 Å². The summed E-state index contributed by atoms with van der Waals surface area (Å²) in [6.07, 6.45) is -1.21. The van der Waals surface area contributed by atoms with E-state index >= 15 is 0 Å². The van der Waals surface area contributed by atoms with E-state index in [-0.39, 0.29) is 0 Å². The number of urea groups is 1. The molecule has 0 bridgehead atoms. The van der Waals surface area contributed by atoms with Crippen molar-refractivity contribution in [1.82, 2.24) is 5.32 Å².